The molecule has 1 heterocycles. The van der Waals surface area contributed by atoms with E-state index in [9.17, 15) is 14.4 Å². The molecule has 1 aliphatic rings. The lowest BCUT2D eigenvalue weighted by atomic mass is 10.1. The van der Waals surface area contributed by atoms with Gasteiger partial charge in [-0.05, 0) is 42.0 Å². The Morgan fingerprint density at radius 1 is 0.971 bits per heavy atom. The molecule has 0 aliphatic carbocycles. The number of anilines is 2. The standard InChI is InChI=1S/C27H27N3O5/c1-34-24-9-5-8-21(15-24)29-25(31)18-35-23-12-10-22(11-13-23)30-17-20(14-26(30)32)27(33)28-16-19-6-3-2-4-7-19/h2-13,15,20H,14,16-18H2,1H3,(H,28,33)(H,29,31). The average molecular weight is 474 g/mol. The number of carbonyl (C=O) groups is 3. The van der Waals surface area contributed by atoms with Crippen molar-refractivity contribution in [2.45, 2.75) is 13.0 Å². The second-order valence-electron chi connectivity index (χ2n) is 8.17. The van der Waals surface area contributed by atoms with Gasteiger partial charge in [0.1, 0.15) is 11.5 Å². The summed E-state index contributed by atoms with van der Waals surface area (Å²) < 4.78 is 10.7. The summed E-state index contributed by atoms with van der Waals surface area (Å²) in [5.41, 5.74) is 2.31. The second kappa shape index (κ2) is 11.2. The van der Waals surface area contributed by atoms with Crippen LogP contribution in [0.3, 0.4) is 0 Å². The van der Waals surface area contributed by atoms with Crippen LogP contribution >= 0.6 is 0 Å². The van der Waals surface area contributed by atoms with E-state index >= 15 is 0 Å². The van der Waals surface area contributed by atoms with Gasteiger partial charge in [0.25, 0.3) is 5.91 Å². The van der Waals surface area contributed by atoms with E-state index in [0.717, 1.165) is 5.56 Å². The number of nitrogens with zero attached hydrogens (tertiary/aromatic N) is 1. The molecular weight excluding hydrogens is 446 g/mol. The summed E-state index contributed by atoms with van der Waals surface area (Å²) in [7, 11) is 1.56. The van der Waals surface area contributed by atoms with Crippen LogP contribution in [0.15, 0.2) is 78.9 Å². The fourth-order valence-electron chi connectivity index (χ4n) is 3.83. The molecule has 180 valence electrons. The van der Waals surface area contributed by atoms with Crippen molar-refractivity contribution in [3.8, 4) is 11.5 Å². The van der Waals surface area contributed by atoms with Gasteiger partial charge in [-0.1, -0.05) is 36.4 Å². The molecule has 8 heteroatoms. The third-order valence-corrected chi connectivity index (χ3v) is 5.68. The fraction of sp³-hybridized carbons (Fsp3) is 0.222. The van der Waals surface area contributed by atoms with Crippen LogP contribution < -0.4 is 25.0 Å². The van der Waals surface area contributed by atoms with Crippen molar-refractivity contribution in [1.82, 2.24) is 5.32 Å². The highest BCUT2D eigenvalue weighted by Crippen LogP contribution is 2.27. The maximum absolute atomic E-state index is 12.6. The SMILES string of the molecule is COc1cccc(NC(=O)COc2ccc(N3CC(C(=O)NCc4ccccc4)CC3=O)cc2)c1. The van der Waals surface area contributed by atoms with Crippen LogP contribution in [0.4, 0.5) is 11.4 Å². The zero-order valence-corrected chi connectivity index (χ0v) is 19.4. The first kappa shape index (κ1) is 23.8. The van der Waals surface area contributed by atoms with E-state index in [4.69, 9.17) is 9.47 Å². The highest BCUT2D eigenvalue weighted by Gasteiger charge is 2.35. The summed E-state index contributed by atoms with van der Waals surface area (Å²) >= 11 is 0. The molecule has 1 atom stereocenters. The van der Waals surface area contributed by atoms with Crippen molar-refractivity contribution in [1.29, 1.82) is 0 Å². The zero-order valence-electron chi connectivity index (χ0n) is 19.4. The molecule has 1 aliphatic heterocycles. The molecular formula is C27H27N3O5. The molecule has 0 spiro atoms. The molecule has 35 heavy (non-hydrogen) atoms. The molecule has 3 amide bonds. The summed E-state index contributed by atoms with van der Waals surface area (Å²) in [5, 5.41) is 5.66. The number of hydrogen-bond donors (Lipinski definition) is 2. The third kappa shape index (κ3) is 6.38. The summed E-state index contributed by atoms with van der Waals surface area (Å²) in [6.45, 7) is 0.591. The monoisotopic (exact) mass is 473 g/mol. The van der Waals surface area contributed by atoms with E-state index in [1.165, 1.54) is 0 Å². The highest BCUT2D eigenvalue weighted by atomic mass is 16.5. The Kier molecular flexibility index (Phi) is 7.62. The topological polar surface area (TPSA) is 97.0 Å². The largest absolute Gasteiger partial charge is 0.497 e. The summed E-state index contributed by atoms with van der Waals surface area (Å²) in [5.74, 6) is 0.205. The minimum Gasteiger partial charge on any atom is -0.497 e. The molecule has 0 radical (unpaired) electrons. The van der Waals surface area contributed by atoms with Gasteiger partial charge in [0, 0.05) is 37.0 Å². The molecule has 1 saturated heterocycles. The Morgan fingerprint density at radius 3 is 2.49 bits per heavy atom. The van der Waals surface area contributed by atoms with Gasteiger partial charge in [-0.3, -0.25) is 14.4 Å². The lowest BCUT2D eigenvalue weighted by Gasteiger charge is -2.17. The van der Waals surface area contributed by atoms with E-state index in [1.807, 2.05) is 30.3 Å². The molecule has 1 unspecified atom stereocenters. The number of nitrogens with one attached hydrogen (secondary N) is 2. The van der Waals surface area contributed by atoms with Crippen LogP contribution in [0, 0.1) is 5.92 Å². The number of benzene rings is 3. The summed E-state index contributed by atoms with van der Waals surface area (Å²) in [6.07, 6.45) is 0.170. The maximum Gasteiger partial charge on any atom is 0.262 e. The summed E-state index contributed by atoms with van der Waals surface area (Å²) in [4.78, 5) is 38.9. The minimum absolute atomic E-state index is 0.101. The molecule has 2 N–H and O–H groups in total. The van der Waals surface area contributed by atoms with Gasteiger partial charge in [-0.25, -0.2) is 0 Å². The van der Waals surface area contributed by atoms with E-state index in [-0.39, 0.29) is 30.7 Å². The molecule has 0 aromatic heterocycles. The van der Waals surface area contributed by atoms with Crippen LogP contribution in [0.25, 0.3) is 0 Å². The number of hydrogen-bond acceptors (Lipinski definition) is 5. The lowest BCUT2D eigenvalue weighted by molar-refractivity contribution is -0.126. The number of ether oxygens (including phenoxy) is 2. The maximum atomic E-state index is 12.6. The number of methoxy groups -OCH3 is 1. The van der Waals surface area contributed by atoms with Gasteiger partial charge >= 0.3 is 0 Å². The molecule has 0 bridgehead atoms. The molecule has 0 saturated carbocycles. The van der Waals surface area contributed by atoms with Crippen LogP contribution in [-0.4, -0.2) is 38.0 Å². The van der Waals surface area contributed by atoms with Crippen LogP contribution in [-0.2, 0) is 20.9 Å². The van der Waals surface area contributed by atoms with Crippen molar-refractivity contribution >= 4 is 29.1 Å². The van der Waals surface area contributed by atoms with Crippen molar-refractivity contribution in [2.24, 2.45) is 5.92 Å². The average Bonchev–Trinajstić information content (AvgIpc) is 3.28. The van der Waals surface area contributed by atoms with E-state index in [0.29, 0.717) is 36.0 Å². The van der Waals surface area contributed by atoms with Crippen molar-refractivity contribution in [3.05, 3.63) is 84.4 Å². The molecule has 4 rings (SSSR count). The van der Waals surface area contributed by atoms with Gasteiger partial charge in [-0.2, -0.15) is 0 Å². The predicted octanol–water partition coefficient (Wildman–Crippen LogP) is 3.38. The first-order valence-electron chi connectivity index (χ1n) is 11.3. The Morgan fingerprint density at radius 2 is 1.74 bits per heavy atom. The normalized spacial score (nSPS) is 14.9. The Labute approximate surface area is 203 Å². The summed E-state index contributed by atoms with van der Waals surface area (Å²) in [6, 6.07) is 23.6. The highest BCUT2D eigenvalue weighted by molar-refractivity contribution is 6.00. The first-order valence-corrected chi connectivity index (χ1v) is 11.3. The number of rotatable bonds is 9. The predicted molar refractivity (Wildman–Crippen MR) is 132 cm³/mol. The molecule has 1 fully saturated rings. The van der Waals surface area contributed by atoms with Crippen molar-refractivity contribution < 1.29 is 23.9 Å². The van der Waals surface area contributed by atoms with E-state index in [1.54, 1.807) is 60.5 Å². The zero-order chi connectivity index (χ0) is 24.6. The van der Waals surface area contributed by atoms with Gasteiger partial charge in [0.2, 0.25) is 11.8 Å². The van der Waals surface area contributed by atoms with Gasteiger partial charge < -0.3 is 25.0 Å². The fourth-order valence-corrected chi connectivity index (χ4v) is 3.83. The number of carbonyl (C=O) groups excluding carboxylic acids is 3. The van der Waals surface area contributed by atoms with Crippen LogP contribution in [0.5, 0.6) is 11.5 Å². The lowest BCUT2D eigenvalue weighted by Crippen LogP contribution is -2.32. The van der Waals surface area contributed by atoms with Gasteiger partial charge in [-0.15, -0.1) is 0 Å². The van der Waals surface area contributed by atoms with Crippen molar-refractivity contribution in [2.75, 3.05) is 30.5 Å². The minimum atomic E-state index is -0.401. The molecule has 8 nitrogen and oxygen atoms in total. The van der Waals surface area contributed by atoms with E-state index < -0.39 is 5.92 Å². The van der Waals surface area contributed by atoms with Crippen LogP contribution in [0.1, 0.15) is 12.0 Å². The Balaban J connectivity index is 1.26. The molecule has 3 aromatic rings. The van der Waals surface area contributed by atoms with Crippen molar-refractivity contribution in [3.63, 3.8) is 0 Å². The second-order valence-corrected chi connectivity index (χ2v) is 8.17. The van der Waals surface area contributed by atoms with E-state index in [2.05, 4.69) is 10.6 Å². The van der Waals surface area contributed by atoms with Crippen LogP contribution in [0.2, 0.25) is 0 Å². The number of amides is 3. The quantitative estimate of drug-likeness (QED) is 0.497. The smallest absolute Gasteiger partial charge is 0.262 e. The molecule has 3 aromatic carbocycles. The Hall–Kier alpha value is -4.33. The Bertz CT molecular complexity index is 1180. The van der Waals surface area contributed by atoms with Gasteiger partial charge in [0.05, 0.1) is 13.0 Å². The van der Waals surface area contributed by atoms with Gasteiger partial charge in [0.15, 0.2) is 6.61 Å². The first-order chi connectivity index (χ1) is 17.0. The third-order valence-electron chi connectivity index (χ3n) is 5.68.